The summed E-state index contributed by atoms with van der Waals surface area (Å²) in [4.78, 5) is 19.4. The Bertz CT molecular complexity index is 961. The van der Waals surface area contributed by atoms with Crippen molar-refractivity contribution in [1.82, 2.24) is 19.0 Å². The molecule has 2 aliphatic heterocycles. The molecule has 2 aromatic carbocycles. The van der Waals surface area contributed by atoms with Crippen LogP contribution in [0, 0.1) is 0 Å². The maximum atomic E-state index is 13.0. The highest BCUT2D eigenvalue weighted by Crippen LogP contribution is 2.29. The summed E-state index contributed by atoms with van der Waals surface area (Å²) in [6.07, 6.45) is 0. The topological polar surface area (TPSA) is 64.2 Å². The van der Waals surface area contributed by atoms with Gasteiger partial charge in [-0.25, -0.2) is 8.42 Å². The maximum absolute atomic E-state index is 13.0. The Morgan fingerprint density at radius 2 is 1.30 bits per heavy atom. The molecule has 0 unspecified atom stereocenters. The Labute approximate surface area is 197 Å². The van der Waals surface area contributed by atoms with E-state index in [4.69, 9.17) is 0 Å². The summed E-state index contributed by atoms with van der Waals surface area (Å²) in [7, 11) is -3.15. The van der Waals surface area contributed by atoms with Crippen molar-refractivity contribution in [3.05, 3.63) is 71.8 Å². The molecule has 0 saturated carbocycles. The van der Waals surface area contributed by atoms with Gasteiger partial charge in [0.05, 0.1) is 18.3 Å². The van der Waals surface area contributed by atoms with Gasteiger partial charge in [0.1, 0.15) is 0 Å². The van der Waals surface area contributed by atoms with Crippen molar-refractivity contribution in [2.75, 3.05) is 64.7 Å². The summed E-state index contributed by atoms with van der Waals surface area (Å²) in [5.74, 6) is 0.265. The number of rotatable bonds is 7. The Hall–Kier alpha value is -2.26. The number of piperazine rings is 2. The molecular formula is C25H34N4O3S. The molecule has 0 radical (unpaired) electrons. The van der Waals surface area contributed by atoms with Gasteiger partial charge in [0, 0.05) is 52.4 Å². The van der Waals surface area contributed by atoms with E-state index in [1.54, 1.807) is 11.2 Å². The van der Waals surface area contributed by atoms with Gasteiger partial charge in [-0.05, 0) is 18.1 Å². The monoisotopic (exact) mass is 470 g/mol. The molecular weight excluding hydrogens is 436 g/mol. The fraction of sp³-hybridized carbons (Fsp3) is 0.480. The third kappa shape index (κ3) is 5.81. The first-order valence-corrected chi connectivity index (χ1v) is 13.4. The van der Waals surface area contributed by atoms with Crippen LogP contribution < -0.4 is 0 Å². The average Bonchev–Trinajstić information content (AvgIpc) is 2.86. The molecule has 0 N–H and O–H groups in total. The van der Waals surface area contributed by atoms with Crippen molar-refractivity contribution in [1.29, 1.82) is 0 Å². The van der Waals surface area contributed by atoms with E-state index in [1.807, 2.05) is 17.0 Å². The van der Waals surface area contributed by atoms with Crippen molar-refractivity contribution < 1.29 is 13.2 Å². The molecule has 2 fully saturated rings. The quantitative estimate of drug-likeness (QED) is 0.618. The van der Waals surface area contributed by atoms with E-state index in [9.17, 15) is 13.2 Å². The van der Waals surface area contributed by atoms with Crippen LogP contribution in [0.25, 0.3) is 0 Å². The van der Waals surface area contributed by atoms with E-state index in [0.717, 1.165) is 13.1 Å². The lowest BCUT2D eigenvalue weighted by Gasteiger charge is -2.41. The number of carbonyl (C=O) groups excluding carboxylic acids is 1. The van der Waals surface area contributed by atoms with Crippen LogP contribution in [0.3, 0.4) is 0 Å². The molecule has 7 nitrogen and oxygen atoms in total. The Balaban J connectivity index is 1.33. The zero-order valence-corrected chi connectivity index (χ0v) is 20.2. The molecule has 4 rings (SSSR count). The molecule has 33 heavy (non-hydrogen) atoms. The largest absolute Gasteiger partial charge is 0.339 e. The number of hydrogen-bond donors (Lipinski definition) is 0. The smallest absolute Gasteiger partial charge is 0.236 e. The molecule has 0 aliphatic carbocycles. The number of sulfonamides is 1. The molecule has 0 spiro atoms. The highest BCUT2D eigenvalue weighted by Gasteiger charge is 2.30. The Kier molecular flexibility index (Phi) is 7.80. The fourth-order valence-electron chi connectivity index (χ4n) is 4.75. The summed E-state index contributed by atoms with van der Waals surface area (Å²) < 4.78 is 25.6. The van der Waals surface area contributed by atoms with Crippen LogP contribution in [0.4, 0.5) is 0 Å². The fourth-order valence-corrected chi connectivity index (χ4v) is 5.84. The second-order valence-corrected chi connectivity index (χ2v) is 11.0. The van der Waals surface area contributed by atoms with E-state index in [2.05, 4.69) is 58.3 Å². The first-order chi connectivity index (χ1) is 16.0. The van der Waals surface area contributed by atoms with Crippen molar-refractivity contribution in [2.45, 2.75) is 13.0 Å². The van der Waals surface area contributed by atoms with E-state index >= 15 is 0 Å². The number of carbonyl (C=O) groups is 1. The molecule has 2 aromatic rings. The van der Waals surface area contributed by atoms with Crippen molar-refractivity contribution >= 4 is 15.9 Å². The summed E-state index contributed by atoms with van der Waals surface area (Å²) in [6.45, 7) is 7.24. The first-order valence-electron chi connectivity index (χ1n) is 11.8. The van der Waals surface area contributed by atoms with Crippen LogP contribution in [0.1, 0.15) is 24.1 Å². The molecule has 0 atom stereocenters. The van der Waals surface area contributed by atoms with Crippen molar-refractivity contribution in [3.63, 3.8) is 0 Å². The van der Waals surface area contributed by atoms with Crippen LogP contribution >= 0.6 is 0 Å². The average molecular weight is 471 g/mol. The third-order valence-electron chi connectivity index (χ3n) is 6.71. The predicted molar refractivity (Wildman–Crippen MR) is 130 cm³/mol. The Morgan fingerprint density at radius 3 is 1.79 bits per heavy atom. The van der Waals surface area contributed by atoms with Gasteiger partial charge in [-0.3, -0.25) is 14.6 Å². The zero-order valence-electron chi connectivity index (χ0n) is 19.3. The zero-order chi connectivity index (χ0) is 23.3. The van der Waals surface area contributed by atoms with Crippen LogP contribution in [0.15, 0.2) is 60.7 Å². The van der Waals surface area contributed by atoms with Gasteiger partial charge in [-0.2, -0.15) is 4.31 Å². The molecule has 8 heteroatoms. The number of nitrogens with zero attached hydrogens (tertiary/aromatic N) is 4. The lowest BCUT2D eigenvalue weighted by Crippen LogP contribution is -2.54. The van der Waals surface area contributed by atoms with Gasteiger partial charge in [-0.15, -0.1) is 0 Å². The normalized spacial score (nSPS) is 19.2. The van der Waals surface area contributed by atoms with Crippen LogP contribution in [-0.2, 0) is 14.8 Å². The lowest BCUT2D eigenvalue weighted by molar-refractivity contribution is -0.134. The summed E-state index contributed by atoms with van der Waals surface area (Å²) in [6, 6.07) is 21.3. The molecule has 1 amide bonds. The number of amides is 1. The van der Waals surface area contributed by atoms with E-state index < -0.39 is 10.0 Å². The number of benzene rings is 2. The van der Waals surface area contributed by atoms with Crippen LogP contribution in [0.2, 0.25) is 0 Å². The minimum absolute atomic E-state index is 0.128. The van der Waals surface area contributed by atoms with Gasteiger partial charge < -0.3 is 4.90 Å². The molecule has 0 bridgehead atoms. The highest BCUT2D eigenvalue weighted by atomic mass is 32.2. The third-order valence-corrected chi connectivity index (χ3v) is 8.59. The van der Waals surface area contributed by atoms with Crippen molar-refractivity contribution in [3.8, 4) is 0 Å². The second-order valence-electron chi connectivity index (χ2n) is 8.72. The van der Waals surface area contributed by atoms with E-state index in [-0.39, 0.29) is 17.7 Å². The summed E-state index contributed by atoms with van der Waals surface area (Å²) in [5.41, 5.74) is 2.53. The summed E-state index contributed by atoms with van der Waals surface area (Å²) >= 11 is 0. The van der Waals surface area contributed by atoms with Crippen molar-refractivity contribution in [2.24, 2.45) is 0 Å². The van der Waals surface area contributed by atoms with E-state index in [0.29, 0.717) is 45.8 Å². The van der Waals surface area contributed by atoms with Gasteiger partial charge >= 0.3 is 0 Å². The van der Waals surface area contributed by atoms with Gasteiger partial charge in [0.2, 0.25) is 15.9 Å². The summed E-state index contributed by atoms with van der Waals surface area (Å²) in [5, 5.41) is 0. The molecule has 2 aliphatic rings. The predicted octanol–water partition coefficient (Wildman–Crippen LogP) is 1.89. The van der Waals surface area contributed by atoms with Gasteiger partial charge in [-0.1, -0.05) is 60.7 Å². The molecule has 2 heterocycles. The highest BCUT2D eigenvalue weighted by molar-refractivity contribution is 7.89. The second kappa shape index (κ2) is 10.8. The lowest BCUT2D eigenvalue weighted by atomic mass is 9.96. The first kappa shape index (κ1) is 23.9. The molecule has 178 valence electrons. The van der Waals surface area contributed by atoms with E-state index in [1.165, 1.54) is 11.1 Å². The molecule has 0 aromatic heterocycles. The van der Waals surface area contributed by atoms with Gasteiger partial charge in [0.15, 0.2) is 0 Å². The number of hydrogen-bond acceptors (Lipinski definition) is 5. The van der Waals surface area contributed by atoms with Crippen LogP contribution in [-0.4, -0.2) is 98.0 Å². The van der Waals surface area contributed by atoms with Gasteiger partial charge in [0.25, 0.3) is 0 Å². The van der Waals surface area contributed by atoms with Crippen LogP contribution in [0.5, 0.6) is 0 Å². The molecule has 2 saturated heterocycles. The minimum atomic E-state index is -3.15. The standard InChI is InChI=1S/C25H34N4O3S/c1-2-33(31,32)29-19-13-26(14-20-29)21-24(30)27-15-17-28(18-16-27)25(22-9-5-3-6-10-22)23-11-7-4-8-12-23/h3-12,25H,2,13-21H2,1H3. The Morgan fingerprint density at radius 1 is 0.788 bits per heavy atom. The maximum Gasteiger partial charge on any atom is 0.236 e. The minimum Gasteiger partial charge on any atom is -0.339 e. The SMILES string of the molecule is CCS(=O)(=O)N1CCN(CC(=O)N2CCN(C(c3ccccc3)c3ccccc3)CC2)CC1.